The van der Waals surface area contributed by atoms with Gasteiger partial charge in [-0.1, -0.05) is 32.0 Å². The predicted octanol–water partition coefficient (Wildman–Crippen LogP) is 2.01. The van der Waals surface area contributed by atoms with Gasteiger partial charge in [-0.05, 0) is 18.6 Å². The van der Waals surface area contributed by atoms with Crippen molar-refractivity contribution in [1.82, 2.24) is 16.0 Å². The molecular formula is C17H29IN4O2. The van der Waals surface area contributed by atoms with Gasteiger partial charge in [-0.3, -0.25) is 9.79 Å². The topological polar surface area (TPSA) is 74.8 Å². The average Bonchev–Trinajstić information content (AvgIpc) is 2.57. The number of hydrogen-bond acceptors (Lipinski definition) is 3. The second kappa shape index (κ2) is 13.9. The van der Waals surface area contributed by atoms with Crippen molar-refractivity contribution in [3.8, 4) is 5.75 Å². The van der Waals surface area contributed by atoms with E-state index in [1.807, 2.05) is 44.2 Å². The SMILES string of the molecule is CN=C(NCCCOc1ccccc1)NCCNC(=O)C(C)C.I. The van der Waals surface area contributed by atoms with Crippen molar-refractivity contribution in [1.29, 1.82) is 0 Å². The third-order valence-corrected chi connectivity index (χ3v) is 3.09. The van der Waals surface area contributed by atoms with Gasteiger partial charge < -0.3 is 20.7 Å². The molecule has 0 saturated carbocycles. The van der Waals surface area contributed by atoms with Crippen LogP contribution in [0, 0.1) is 5.92 Å². The first-order valence-electron chi connectivity index (χ1n) is 8.03. The monoisotopic (exact) mass is 448 g/mol. The van der Waals surface area contributed by atoms with Crippen molar-refractivity contribution in [2.75, 3.05) is 33.3 Å². The van der Waals surface area contributed by atoms with Gasteiger partial charge in [0.25, 0.3) is 0 Å². The zero-order valence-corrected chi connectivity index (χ0v) is 17.0. The summed E-state index contributed by atoms with van der Waals surface area (Å²) in [7, 11) is 1.72. The maximum absolute atomic E-state index is 11.4. The summed E-state index contributed by atoms with van der Waals surface area (Å²) in [5.41, 5.74) is 0. The van der Waals surface area contributed by atoms with E-state index in [9.17, 15) is 4.79 Å². The molecule has 0 atom stereocenters. The lowest BCUT2D eigenvalue weighted by Crippen LogP contribution is -2.42. The van der Waals surface area contributed by atoms with Crippen LogP contribution in [0.1, 0.15) is 20.3 Å². The Morgan fingerprint density at radius 2 is 1.71 bits per heavy atom. The van der Waals surface area contributed by atoms with Crippen LogP contribution in [0.5, 0.6) is 5.75 Å². The van der Waals surface area contributed by atoms with Crippen molar-refractivity contribution in [2.24, 2.45) is 10.9 Å². The largest absolute Gasteiger partial charge is 0.494 e. The molecule has 0 radical (unpaired) electrons. The minimum Gasteiger partial charge on any atom is -0.494 e. The number of halogens is 1. The summed E-state index contributed by atoms with van der Waals surface area (Å²) >= 11 is 0. The predicted molar refractivity (Wildman–Crippen MR) is 109 cm³/mol. The maximum atomic E-state index is 11.4. The molecule has 0 spiro atoms. The number of amides is 1. The van der Waals surface area contributed by atoms with Gasteiger partial charge in [-0.25, -0.2) is 0 Å². The van der Waals surface area contributed by atoms with E-state index in [1.54, 1.807) is 7.05 Å². The number of carbonyl (C=O) groups is 1. The van der Waals surface area contributed by atoms with E-state index >= 15 is 0 Å². The fraction of sp³-hybridized carbons (Fsp3) is 0.529. The Balaban J connectivity index is 0.00000529. The quantitative estimate of drug-likeness (QED) is 0.234. The molecule has 24 heavy (non-hydrogen) atoms. The highest BCUT2D eigenvalue weighted by atomic mass is 127. The first-order valence-corrected chi connectivity index (χ1v) is 8.03. The minimum atomic E-state index is 0. The van der Waals surface area contributed by atoms with E-state index in [4.69, 9.17) is 4.74 Å². The zero-order valence-electron chi connectivity index (χ0n) is 14.7. The number of carbonyl (C=O) groups excluding carboxylic acids is 1. The zero-order chi connectivity index (χ0) is 16.9. The highest BCUT2D eigenvalue weighted by Crippen LogP contribution is 2.07. The van der Waals surface area contributed by atoms with Crippen LogP contribution in [0.25, 0.3) is 0 Å². The average molecular weight is 448 g/mol. The first-order chi connectivity index (χ1) is 11.1. The lowest BCUT2D eigenvalue weighted by Gasteiger charge is -2.13. The Morgan fingerprint density at radius 3 is 2.33 bits per heavy atom. The lowest BCUT2D eigenvalue weighted by atomic mass is 10.2. The van der Waals surface area contributed by atoms with Gasteiger partial charge in [-0.2, -0.15) is 0 Å². The molecule has 0 aliphatic rings. The van der Waals surface area contributed by atoms with Crippen LogP contribution in [0.15, 0.2) is 35.3 Å². The molecule has 136 valence electrons. The molecule has 0 bridgehead atoms. The maximum Gasteiger partial charge on any atom is 0.222 e. The summed E-state index contributed by atoms with van der Waals surface area (Å²) < 4.78 is 5.62. The van der Waals surface area contributed by atoms with E-state index in [0.29, 0.717) is 19.7 Å². The number of hydrogen-bond donors (Lipinski definition) is 3. The van der Waals surface area contributed by atoms with E-state index in [1.165, 1.54) is 0 Å². The van der Waals surface area contributed by atoms with Crippen molar-refractivity contribution in [2.45, 2.75) is 20.3 Å². The second-order valence-electron chi connectivity index (χ2n) is 5.39. The minimum absolute atomic E-state index is 0. The van der Waals surface area contributed by atoms with Crippen molar-refractivity contribution >= 4 is 35.8 Å². The van der Waals surface area contributed by atoms with E-state index < -0.39 is 0 Å². The molecule has 0 heterocycles. The molecule has 6 nitrogen and oxygen atoms in total. The molecule has 1 aromatic carbocycles. The van der Waals surface area contributed by atoms with Gasteiger partial charge in [0.15, 0.2) is 5.96 Å². The first kappa shape index (κ1) is 22.5. The molecule has 0 fully saturated rings. The van der Waals surface area contributed by atoms with Gasteiger partial charge in [0.2, 0.25) is 5.91 Å². The van der Waals surface area contributed by atoms with Crippen LogP contribution in [0.3, 0.4) is 0 Å². The molecule has 0 aliphatic heterocycles. The summed E-state index contributed by atoms with van der Waals surface area (Å²) in [5.74, 6) is 1.68. The standard InChI is InChI=1S/C17H28N4O2.HI/c1-14(2)16(22)19-11-12-21-17(18-3)20-10-7-13-23-15-8-5-4-6-9-15;/h4-6,8-9,14H,7,10-13H2,1-3H3,(H,19,22)(H2,18,20,21);1H. The fourth-order valence-electron chi connectivity index (χ4n) is 1.78. The smallest absolute Gasteiger partial charge is 0.222 e. The Kier molecular flexibility index (Phi) is 13.0. The molecule has 0 unspecified atom stereocenters. The number of nitrogens with zero attached hydrogens (tertiary/aromatic N) is 1. The normalized spacial score (nSPS) is 10.8. The van der Waals surface area contributed by atoms with Gasteiger partial charge in [0.1, 0.15) is 5.75 Å². The van der Waals surface area contributed by atoms with Crippen LogP contribution in [0.4, 0.5) is 0 Å². The molecule has 7 heteroatoms. The van der Waals surface area contributed by atoms with Crippen LogP contribution in [-0.2, 0) is 4.79 Å². The van der Waals surface area contributed by atoms with Crippen LogP contribution < -0.4 is 20.7 Å². The number of guanidine groups is 1. The van der Waals surface area contributed by atoms with Crippen molar-refractivity contribution in [3.05, 3.63) is 30.3 Å². The molecule has 0 aromatic heterocycles. The van der Waals surface area contributed by atoms with Gasteiger partial charge in [0.05, 0.1) is 6.61 Å². The molecule has 1 rings (SSSR count). The number of rotatable bonds is 9. The van der Waals surface area contributed by atoms with E-state index in [0.717, 1.165) is 24.7 Å². The summed E-state index contributed by atoms with van der Waals surface area (Å²) in [6.45, 7) is 6.39. The Hall–Kier alpha value is -1.51. The number of nitrogens with one attached hydrogen (secondary N) is 3. The Morgan fingerprint density at radius 1 is 1.08 bits per heavy atom. The summed E-state index contributed by atoms with van der Waals surface area (Å²) in [4.78, 5) is 15.6. The van der Waals surface area contributed by atoms with Crippen molar-refractivity contribution in [3.63, 3.8) is 0 Å². The Bertz CT molecular complexity index is 481. The third kappa shape index (κ3) is 10.3. The molecule has 3 N–H and O–H groups in total. The van der Waals surface area contributed by atoms with Crippen LogP contribution in [0.2, 0.25) is 0 Å². The fourth-order valence-corrected chi connectivity index (χ4v) is 1.78. The molecule has 0 saturated heterocycles. The van der Waals surface area contributed by atoms with Gasteiger partial charge >= 0.3 is 0 Å². The van der Waals surface area contributed by atoms with Gasteiger partial charge in [0, 0.05) is 32.6 Å². The summed E-state index contributed by atoms with van der Waals surface area (Å²) in [6.07, 6.45) is 0.875. The lowest BCUT2D eigenvalue weighted by molar-refractivity contribution is -0.123. The number of para-hydroxylation sites is 1. The number of benzene rings is 1. The highest BCUT2D eigenvalue weighted by molar-refractivity contribution is 14.0. The molecular weight excluding hydrogens is 419 g/mol. The van der Waals surface area contributed by atoms with E-state index in [2.05, 4.69) is 20.9 Å². The molecule has 1 aromatic rings. The number of aliphatic imine (C=N–C) groups is 1. The molecule has 0 aliphatic carbocycles. The van der Waals surface area contributed by atoms with Gasteiger partial charge in [-0.15, -0.1) is 24.0 Å². The summed E-state index contributed by atoms with van der Waals surface area (Å²) in [6, 6.07) is 9.77. The Labute approximate surface area is 161 Å². The van der Waals surface area contributed by atoms with E-state index in [-0.39, 0.29) is 35.8 Å². The summed E-state index contributed by atoms with van der Waals surface area (Å²) in [5, 5.41) is 9.22. The van der Waals surface area contributed by atoms with Crippen LogP contribution in [-0.4, -0.2) is 45.2 Å². The molecule has 1 amide bonds. The highest BCUT2D eigenvalue weighted by Gasteiger charge is 2.05. The van der Waals surface area contributed by atoms with Crippen molar-refractivity contribution < 1.29 is 9.53 Å². The second-order valence-corrected chi connectivity index (χ2v) is 5.39. The van der Waals surface area contributed by atoms with Crippen LogP contribution >= 0.6 is 24.0 Å². The third-order valence-electron chi connectivity index (χ3n) is 3.09. The number of ether oxygens (including phenoxy) is 1.